The van der Waals surface area contributed by atoms with Gasteiger partial charge in [0.25, 0.3) is 5.91 Å². The summed E-state index contributed by atoms with van der Waals surface area (Å²) < 4.78 is 0. The fourth-order valence-electron chi connectivity index (χ4n) is 1.43. The molecule has 3 N–H and O–H groups in total. The van der Waals surface area contributed by atoms with Crippen molar-refractivity contribution in [2.45, 2.75) is 13.3 Å². The van der Waals surface area contributed by atoms with Crippen LogP contribution in [0.3, 0.4) is 0 Å². The van der Waals surface area contributed by atoms with E-state index in [9.17, 15) is 9.59 Å². The molecule has 6 heteroatoms. The first-order valence-electron chi connectivity index (χ1n) is 5.84. The Morgan fingerprint density at radius 3 is 2.83 bits per heavy atom. The van der Waals surface area contributed by atoms with Crippen LogP contribution in [0.5, 0.6) is 0 Å². The molecule has 0 radical (unpaired) electrons. The average molecular weight is 251 g/mol. The normalized spacial score (nSPS) is 10.1. The van der Waals surface area contributed by atoms with Crippen molar-refractivity contribution in [3.8, 4) is 0 Å². The zero-order chi connectivity index (χ0) is 13.4. The molecular formula is C12H17N3O3. The molecule has 98 valence electrons. The van der Waals surface area contributed by atoms with Crippen molar-refractivity contribution in [2.24, 2.45) is 0 Å². The minimum absolute atomic E-state index is 0.0477. The molecule has 0 saturated carbocycles. The first kappa shape index (κ1) is 14.1. The number of pyridine rings is 1. The number of carbonyl (C=O) groups is 2. The van der Waals surface area contributed by atoms with Gasteiger partial charge in [0, 0.05) is 12.7 Å². The fraction of sp³-hybridized carbons (Fsp3) is 0.417. The standard InChI is InChI=1S/C12H17N3O3/c1-2-13-6-4-8-15-11(16)10-9(12(17)18)5-3-7-14-10/h3,5,7,13H,2,4,6,8H2,1H3,(H,15,16)(H,17,18). The highest BCUT2D eigenvalue weighted by atomic mass is 16.4. The van der Waals surface area contributed by atoms with Gasteiger partial charge in [-0.15, -0.1) is 0 Å². The van der Waals surface area contributed by atoms with E-state index in [2.05, 4.69) is 15.6 Å². The van der Waals surface area contributed by atoms with Crippen molar-refractivity contribution in [2.75, 3.05) is 19.6 Å². The number of aromatic carboxylic acids is 1. The number of carboxylic acid groups (broad SMARTS) is 1. The van der Waals surface area contributed by atoms with Crippen LogP contribution in [0.1, 0.15) is 34.2 Å². The summed E-state index contributed by atoms with van der Waals surface area (Å²) in [5, 5.41) is 14.7. The number of hydrogen-bond acceptors (Lipinski definition) is 4. The molecule has 1 amide bonds. The quantitative estimate of drug-likeness (QED) is 0.614. The summed E-state index contributed by atoms with van der Waals surface area (Å²) in [5.41, 5.74) is -0.130. The third-order valence-electron chi connectivity index (χ3n) is 2.32. The summed E-state index contributed by atoms with van der Waals surface area (Å²) in [7, 11) is 0. The molecular weight excluding hydrogens is 234 g/mol. The highest BCUT2D eigenvalue weighted by Crippen LogP contribution is 2.04. The van der Waals surface area contributed by atoms with Crippen molar-refractivity contribution >= 4 is 11.9 Å². The first-order valence-corrected chi connectivity index (χ1v) is 5.84. The number of rotatable bonds is 7. The smallest absolute Gasteiger partial charge is 0.338 e. The van der Waals surface area contributed by atoms with Crippen LogP contribution in [0.4, 0.5) is 0 Å². The van der Waals surface area contributed by atoms with Gasteiger partial charge in [-0.2, -0.15) is 0 Å². The van der Waals surface area contributed by atoms with Gasteiger partial charge < -0.3 is 15.7 Å². The molecule has 0 unspecified atom stereocenters. The Morgan fingerprint density at radius 1 is 1.39 bits per heavy atom. The van der Waals surface area contributed by atoms with E-state index in [4.69, 9.17) is 5.11 Å². The van der Waals surface area contributed by atoms with Crippen LogP contribution in [-0.2, 0) is 0 Å². The molecule has 0 atom stereocenters. The molecule has 18 heavy (non-hydrogen) atoms. The summed E-state index contributed by atoms with van der Waals surface area (Å²) >= 11 is 0. The second kappa shape index (κ2) is 7.39. The number of hydrogen-bond donors (Lipinski definition) is 3. The van der Waals surface area contributed by atoms with Crippen LogP contribution in [0.15, 0.2) is 18.3 Å². The van der Waals surface area contributed by atoms with Crippen molar-refractivity contribution in [3.05, 3.63) is 29.6 Å². The number of nitrogens with zero attached hydrogens (tertiary/aromatic N) is 1. The van der Waals surface area contributed by atoms with Crippen molar-refractivity contribution in [1.29, 1.82) is 0 Å². The lowest BCUT2D eigenvalue weighted by atomic mass is 10.2. The Morgan fingerprint density at radius 2 is 2.17 bits per heavy atom. The van der Waals surface area contributed by atoms with Crippen LogP contribution in [0, 0.1) is 0 Å². The Balaban J connectivity index is 2.54. The lowest BCUT2D eigenvalue weighted by Crippen LogP contribution is -2.29. The summed E-state index contributed by atoms with van der Waals surface area (Å²) in [6, 6.07) is 2.86. The third-order valence-corrected chi connectivity index (χ3v) is 2.32. The van der Waals surface area contributed by atoms with E-state index in [-0.39, 0.29) is 11.3 Å². The van der Waals surface area contributed by atoms with Gasteiger partial charge in [-0.05, 0) is 31.6 Å². The Bertz CT molecular complexity index is 421. The highest BCUT2D eigenvalue weighted by molar-refractivity contribution is 6.03. The van der Waals surface area contributed by atoms with Gasteiger partial charge in [0.05, 0.1) is 5.56 Å². The third kappa shape index (κ3) is 4.14. The zero-order valence-corrected chi connectivity index (χ0v) is 10.3. The SMILES string of the molecule is CCNCCCNC(=O)c1ncccc1C(=O)O. The molecule has 0 aliphatic heterocycles. The maximum Gasteiger partial charge on any atom is 0.338 e. The lowest BCUT2D eigenvalue weighted by Gasteiger charge is -2.06. The monoisotopic (exact) mass is 251 g/mol. The van der Waals surface area contributed by atoms with E-state index in [1.165, 1.54) is 18.3 Å². The molecule has 0 aliphatic carbocycles. The molecule has 0 aliphatic rings. The number of carboxylic acids is 1. The van der Waals surface area contributed by atoms with E-state index in [0.717, 1.165) is 19.5 Å². The number of nitrogens with one attached hydrogen (secondary N) is 2. The van der Waals surface area contributed by atoms with Gasteiger partial charge in [0.1, 0.15) is 5.69 Å². The van der Waals surface area contributed by atoms with E-state index >= 15 is 0 Å². The maximum atomic E-state index is 11.7. The molecule has 0 bridgehead atoms. The van der Waals surface area contributed by atoms with Gasteiger partial charge in [0.15, 0.2) is 0 Å². The molecule has 0 saturated heterocycles. The number of carbonyl (C=O) groups excluding carboxylic acids is 1. The molecule has 0 aromatic carbocycles. The fourth-order valence-corrected chi connectivity index (χ4v) is 1.43. The Hall–Kier alpha value is -1.95. The second-order valence-corrected chi connectivity index (χ2v) is 3.67. The second-order valence-electron chi connectivity index (χ2n) is 3.67. The topological polar surface area (TPSA) is 91.3 Å². The minimum atomic E-state index is -1.15. The number of amides is 1. The minimum Gasteiger partial charge on any atom is -0.478 e. The number of aromatic nitrogens is 1. The van der Waals surface area contributed by atoms with Crippen LogP contribution < -0.4 is 10.6 Å². The van der Waals surface area contributed by atoms with E-state index in [0.29, 0.717) is 6.54 Å². The first-order chi connectivity index (χ1) is 8.66. The summed E-state index contributed by atoms with van der Waals surface area (Å²) in [4.78, 5) is 26.5. The van der Waals surface area contributed by atoms with Gasteiger partial charge in [-0.25, -0.2) is 4.79 Å². The van der Waals surface area contributed by atoms with Crippen LogP contribution in [0.25, 0.3) is 0 Å². The summed E-state index contributed by atoms with van der Waals surface area (Å²) in [5.74, 6) is -1.61. The van der Waals surface area contributed by atoms with Gasteiger partial charge >= 0.3 is 5.97 Å². The molecule has 0 fully saturated rings. The Labute approximate surface area is 105 Å². The maximum absolute atomic E-state index is 11.7. The molecule has 0 spiro atoms. The zero-order valence-electron chi connectivity index (χ0n) is 10.3. The van der Waals surface area contributed by atoms with Crippen LogP contribution in [-0.4, -0.2) is 41.6 Å². The molecule has 1 rings (SSSR count). The average Bonchev–Trinajstić information content (AvgIpc) is 2.38. The van der Waals surface area contributed by atoms with Crippen molar-refractivity contribution in [3.63, 3.8) is 0 Å². The highest BCUT2D eigenvalue weighted by Gasteiger charge is 2.16. The van der Waals surface area contributed by atoms with Crippen LogP contribution >= 0.6 is 0 Å². The summed E-state index contributed by atoms with van der Waals surface area (Å²) in [6.07, 6.45) is 2.19. The molecule has 1 heterocycles. The molecule has 1 aromatic rings. The molecule has 6 nitrogen and oxygen atoms in total. The Kier molecular flexibility index (Phi) is 5.79. The van der Waals surface area contributed by atoms with Gasteiger partial charge in [-0.1, -0.05) is 6.92 Å². The predicted octanol–water partition coefficient (Wildman–Crippen LogP) is 0.509. The van der Waals surface area contributed by atoms with Crippen LogP contribution in [0.2, 0.25) is 0 Å². The molecule has 1 aromatic heterocycles. The van der Waals surface area contributed by atoms with E-state index in [1.807, 2.05) is 6.92 Å². The van der Waals surface area contributed by atoms with Crippen molar-refractivity contribution < 1.29 is 14.7 Å². The van der Waals surface area contributed by atoms with E-state index < -0.39 is 11.9 Å². The van der Waals surface area contributed by atoms with E-state index in [1.54, 1.807) is 0 Å². The largest absolute Gasteiger partial charge is 0.478 e. The van der Waals surface area contributed by atoms with Gasteiger partial charge in [0.2, 0.25) is 0 Å². The van der Waals surface area contributed by atoms with Crippen molar-refractivity contribution in [1.82, 2.24) is 15.6 Å². The van der Waals surface area contributed by atoms with Gasteiger partial charge in [-0.3, -0.25) is 9.78 Å². The lowest BCUT2D eigenvalue weighted by molar-refractivity contribution is 0.0690. The predicted molar refractivity (Wildman–Crippen MR) is 66.7 cm³/mol. The summed E-state index contributed by atoms with van der Waals surface area (Å²) in [6.45, 7) is 4.19.